The zero-order valence-corrected chi connectivity index (χ0v) is 17.0. The van der Waals surface area contributed by atoms with Crippen molar-refractivity contribution in [1.82, 2.24) is 19.7 Å². The van der Waals surface area contributed by atoms with Gasteiger partial charge in [-0.3, -0.25) is 9.55 Å². The van der Waals surface area contributed by atoms with E-state index in [1.165, 1.54) is 6.07 Å². The summed E-state index contributed by atoms with van der Waals surface area (Å²) in [4.78, 5) is 6.56. The Balaban J connectivity index is 1.44. The van der Waals surface area contributed by atoms with Crippen molar-refractivity contribution in [3.8, 4) is 0 Å². The van der Waals surface area contributed by atoms with Gasteiger partial charge in [-0.15, -0.1) is 10.2 Å². The smallest absolute Gasteiger partial charge is 0.228 e. The Bertz CT molecular complexity index is 1140. The number of pyridine rings is 1. The Kier molecular flexibility index (Phi) is 5.37. The first kappa shape index (κ1) is 19.1. The predicted octanol–water partition coefficient (Wildman–Crippen LogP) is 3.74. The topological polar surface area (TPSA) is 69.2 Å². The van der Waals surface area contributed by atoms with Crippen LogP contribution in [0.25, 0.3) is 10.9 Å². The van der Waals surface area contributed by atoms with Crippen molar-refractivity contribution in [1.29, 1.82) is 0 Å². The van der Waals surface area contributed by atoms with Gasteiger partial charge in [-0.25, -0.2) is 4.39 Å². The summed E-state index contributed by atoms with van der Waals surface area (Å²) < 4.78 is 27.2. The lowest BCUT2D eigenvalue weighted by atomic mass is 10.1. The Hall–Kier alpha value is -2.91. The van der Waals surface area contributed by atoms with Crippen LogP contribution in [0.1, 0.15) is 11.3 Å². The number of fused-ring (bicyclic) bond motifs is 1. The molecule has 5 rings (SSSR count). The van der Waals surface area contributed by atoms with Gasteiger partial charge in [0, 0.05) is 30.4 Å². The van der Waals surface area contributed by atoms with Crippen LogP contribution in [-0.4, -0.2) is 46.1 Å². The molecule has 0 unspecified atom stereocenters. The number of nitrogens with zero attached hydrogens (tertiary/aromatic N) is 5. The summed E-state index contributed by atoms with van der Waals surface area (Å²) in [7, 11) is 0. The molecule has 30 heavy (non-hydrogen) atoms. The first-order chi connectivity index (χ1) is 14.8. The Morgan fingerprint density at radius 3 is 2.80 bits per heavy atom. The molecule has 7 nitrogen and oxygen atoms in total. The maximum Gasteiger partial charge on any atom is 0.228 e. The van der Waals surface area contributed by atoms with Gasteiger partial charge in [0.05, 0.1) is 31.5 Å². The van der Waals surface area contributed by atoms with Crippen LogP contribution in [0.4, 0.5) is 10.3 Å². The molecule has 0 radical (unpaired) electrons. The van der Waals surface area contributed by atoms with Crippen LogP contribution in [0.5, 0.6) is 0 Å². The van der Waals surface area contributed by atoms with E-state index in [0.29, 0.717) is 36.4 Å². The van der Waals surface area contributed by atoms with Crippen molar-refractivity contribution >= 4 is 28.6 Å². The van der Waals surface area contributed by atoms with E-state index in [1.807, 2.05) is 12.1 Å². The van der Waals surface area contributed by atoms with E-state index in [-0.39, 0.29) is 5.82 Å². The number of ether oxygens (including phenoxy) is 1. The van der Waals surface area contributed by atoms with E-state index in [1.54, 1.807) is 42.4 Å². The molecule has 1 saturated heterocycles. The van der Waals surface area contributed by atoms with E-state index < -0.39 is 0 Å². The first-order valence-electron chi connectivity index (χ1n) is 9.73. The highest BCUT2D eigenvalue weighted by Crippen LogP contribution is 2.29. The van der Waals surface area contributed by atoms with Gasteiger partial charge >= 0.3 is 0 Å². The van der Waals surface area contributed by atoms with Gasteiger partial charge in [-0.2, -0.15) is 0 Å². The number of halogens is 1. The summed E-state index contributed by atoms with van der Waals surface area (Å²) in [5.74, 6) is 1.98. The number of hydrogen-bond donors (Lipinski definition) is 0. The maximum absolute atomic E-state index is 14.1. The zero-order chi connectivity index (χ0) is 20.3. The number of hydrogen-bond acceptors (Lipinski definition) is 7. The summed E-state index contributed by atoms with van der Waals surface area (Å²) in [5.41, 5.74) is 1.63. The minimum atomic E-state index is -0.262. The molecule has 9 heteroatoms. The van der Waals surface area contributed by atoms with Crippen molar-refractivity contribution in [2.45, 2.75) is 17.5 Å². The van der Waals surface area contributed by atoms with E-state index in [9.17, 15) is 4.39 Å². The van der Waals surface area contributed by atoms with E-state index >= 15 is 0 Å². The summed E-state index contributed by atoms with van der Waals surface area (Å²) in [6, 6.07) is 10.6. The summed E-state index contributed by atoms with van der Waals surface area (Å²) in [6.07, 6.45) is 3.35. The number of morpholine rings is 1. The van der Waals surface area contributed by atoms with E-state index in [0.717, 1.165) is 35.5 Å². The third-order valence-electron chi connectivity index (χ3n) is 5.04. The first-order valence-corrected chi connectivity index (χ1v) is 10.7. The molecule has 0 atom stereocenters. The van der Waals surface area contributed by atoms with Crippen LogP contribution >= 0.6 is 11.8 Å². The van der Waals surface area contributed by atoms with Gasteiger partial charge in [0.25, 0.3) is 0 Å². The standard InChI is InChI=1S/C21H20FN5O2S/c22-18-6-5-15(19-17(18)4-1-7-23-19)14-30-21-25-24-20(26-8-11-28-12-9-26)27(21)13-16-3-2-10-29-16/h1-7,10H,8-9,11-14H2. The highest BCUT2D eigenvalue weighted by molar-refractivity contribution is 7.98. The molecular formula is C21H20FN5O2S. The monoisotopic (exact) mass is 425 g/mol. The van der Waals surface area contributed by atoms with Gasteiger partial charge in [0.15, 0.2) is 5.16 Å². The minimum absolute atomic E-state index is 0.262. The molecule has 0 aliphatic carbocycles. The van der Waals surface area contributed by atoms with Crippen molar-refractivity contribution in [3.63, 3.8) is 0 Å². The highest BCUT2D eigenvalue weighted by atomic mass is 32.2. The molecule has 4 aromatic rings. The van der Waals surface area contributed by atoms with Crippen molar-refractivity contribution in [2.24, 2.45) is 0 Å². The fourth-order valence-corrected chi connectivity index (χ4v) is 4.46. The van der Waals surface area contributed by atoms with Gasteiger partial charge in [0.2, 0.25) is 5.95 Å². The normalized spacial score (nSPS) is 14.5. The molecule has 1 aromatic carbocycles. The number of aromatic nitrogens is 4. The third kappa shape index (κ3) is 3.78. The third-order valence-corrected chi connectivity index (χ3v) is 6.06. The van der Waals surface area contributed by atoms with Gasteiger partial charge in [0.1, 0.15) is 11.6 Å². The number of rotatable bonds is 6. The Labute approximate surface area is 176 Å². The quantitative estimate of drug-likeness (QED) is 0.436. The molecule has 0 amide bonds. The number of furan rings is 1. The number of anilines is 1. The molecule has 154 valence electrons. The van der Waals surface area contributed by atoms with Gasteiger partial charge in [-0.1, -0.05) is 17.8 Å². The fourth-order valence-electron chi connectivity index (χ4n) is 3.54. The Morgan fingerprint density at radius 1 is 1.07 bits per heavy atom. The molecule has 4 heterocycles. The second-order valence-corrected chi connectivity index (χ2v) is 7.88. The van der Waals surface area contributed by atoms with Crippen LogP contribution in [0.2, 0.25) is 0 Å². The SMILES string of the molecule is Fc1ccc(CSc2nnc(N3CCOCC3)n2Cc2ccco2)c2ncccc12. The second-order valence-electron chi connectivity index (χ2n) is 6.94. The molecule has 0 saturated carbocycles. The van der Waals surface area contributed by atoms with Crippen molar-refractivity contribution < 1.29 is 13.5 Å². The van der Waals surface area contributed by atoms with Crippen molar-refractivity contribution in [3.05, 3.63) is 66.0 Å². The summed E-state index contributed by atoms with van der Waals surface area (Å²) in [5, 5.41) is 10.2. The largest absolute Gasteiger partial charge is 0.467 e. The molecule has 1 aliphatic heterocycles. The minimum Gasteiger partial charge on any atom is -0.467 e. The lowest BCUT2D eigenvalue weighted by Crippen LogP contribution is -2.38. The van der Waals surface area contributed by atoms with Gasteiger partial charge < -0.3 is 14.1 Å². The molecule has 1 fully saturated rings. The lowest BCUT2D eigenvalue weighted by Gasteiger charge is -2.27. The van der Waals surface area contributed by atoms with Crippen LogP contribution in [0.3, 0.4) is 0 Å². The molecule has 1 aliphatic rings. The number of thioether (sulfide) groups is 1. The molecule has 0 spiro atoms. The molecular weight excluding hydrogens is 405 g/mol. The van der Waals surface area contributed by atoms with Crippen LogP contribution in [0.15, 0.2) is 58.4 Å². The zero-order valence-electron chi connectivity index (χ0n) is 16.2. The van der Waals surface area contributed by atoms with E-state index in [2.05, 4.69) is 24.6 Å². The van der Waals surface area contributed by atoms with Crippen LogP contribution < -0.4 is 4.90 Å². The van der Waals surface area contributed by atoms with E-state index in [4.69, 9.17) is 9.15 Å². The number of benzene rings is 1. The predicted molar refractivity (Wildman–Crippen MR) is 112 cm³/mol. The summed E-state index contributed by atoms with van der Waals surface area (Å²) >= 11 is 1.55. The lowest BCUT2D eigenvalue weighted by molar-refractivity contribution is 0.121. The summed E-state index contributed by atoms with van der Waals surface area (Å²) in [6.45, 7) is 3.42. The average molecular weight is 425 g/mol. The molecule has 3 aromatic heterocycles. The molecule has 0 N–H and O–H groups in total. The second kappa shape index (κ2) is 8.45. The Morgan fingerprint density at radius 2 is 1.97 bits per heavy atom. The fraction of sp³-hybridized carbons (Fsp3) is 0.286. The van der Waals surface area contributed by atoms with Crippen molar-refractivity contribution in [2.75, 3.05) is 31.2 Å². The average Bonchev–Trinajstić information content (AvgIpc) is 3.45. The molecule has 0 bridgehead atoms. The van der Waals surface area contributed by atoms with Gasteiger partial charge in [-0.05, 0) is 35.9 Å². The maximum atomic E-state index is 14.1. The highest BCUT2D eigenvalue weighted by Gasteiger charge is 2.22. The van der Waals surface area contributed by atoms with Crippen LogP contribution in [0, 0.1) is 5.82 Å². The van der Waals surface area contributed by atoms with Crippen LogP contribution in [-0.2, 0) is 17.0 Å².